The molecule has 0 radical (unpaired) electrons. The molecule has 9 heteroatoms. The topological polar surface area (TPSA) is 111 Å². The first-order chi connectivity index (χ1) is 17.7. The van der Waals surface area contributed by atoms with E-state index in [-0.39, 0.29) is 28.9 Å². The number of carbonyl (C=O) groups excluding carboxylic acids is 1. The van der Waals surface area contributed by atoms with Crippen LogP contribution in [0.15, 0.2) is 42.5 Å². The third-order valence-electron chi connectivity index (χ3n) is 7.55. The van der Waals surface area contributed by atoms with Gasteiger partial charge in [-0.2, -0.15) is 0 Å². The van der Waals surface area contributed by atoms with Gasteiger partial charge < -0.3 is 28.8 Å². The van der Waals surface area contributed by atoms with Crippen LogP contribution in [0.25, 0.3) is 10.9 Å². The van der Waals surface area contributed by atoms with Gasteiger partial charge in [0.2, 0.25) is 5.91 Å². The molecular weight excluding hydrogens is 488 g/mol. The Morgan fingerprint density at radius 3 is 2.45 bits per heavy atom. The second kappa shape index (κ2) is 8.19. The van der Waals surface area contributed by atoms with Gasteiger partial charge >= 0.3 is 6.16 Å². The highest BCUT2D eigenvalue weighted by atomic mass is 17.0. The van der Waals surface area contributed by atoms with Crippen LogP contribution in [0.4, 0.5) is 5.69 Å². The molecule has 9 nitrogen and oxygen atoms in total. The van der Waals surface area contributed by atoms with Crippen molar-refractivity contribution < 1.29 is 34.0 Å². The molecule has 38 heavy (non-hydrogen) atoms. The van der Waals surface area contributed by atoms with Gasteiger partial charge in [0.25, 0.3) is 0 Å². The summed E-state index contributed by atoms with van der Waals surface area (Å²) < 4.78 is 24.2. The van der Waals surface area contributed by atoms with E-state index >= 15 is 0 Å². The lowest BCUT2D eigenvalue weighted by molar-refractivity contribution is -0.385. The Hall–Kier alpha value is -3.11. The van der Waals surface area contributed by atoms with Crippen molar-refractivity contribution in [1.82, 2.24) is 4.57 Å². The standard InChI is InChI=1S/C29H34N2O7/c1-26(2,3)24-13-17-12-19(7-8-21(17)31(24)15-20-16-35-27(4,5)36-20)30-25(32)28(10-11-28)18-6-9-22-23(14-18)38-29(33,34)37-22/h6-9,12-14,20,33-34H,10-11,15-16H2,1-5H3,(H,30,32)/t20-/m1/s1. The van der Waals surface area contributed by atoms with Crippen molar-refractivity contribution in [3.63, 3.8) is 0 Å². The summed E-state index contributed by atoms with van der Waals surface area (Å²) in [6, 6.07) is 13.2. The highest BCUT2D eigenvalue weighted by Crippen LogP contribution is 2.52. The Labute approximate surface area is 221 Å². The van der Waals surface area contributed by atoms with Gasteiger partial charge in [-0.15, -0.1) is 0 Å². The van der Waals surface area contributed by atoms with Gasteiger partial charge in [-0.05, 0) is 68.7 Å². The molecule has 202 valence electrons. The summed E-state index contributed by atoms with van der Waals surface area (Å²) >= 11 is 0. The fourth-order valence-corrected chi connectivity index (χ4v) is 5.52. The van der Waals surface area contributed by atoms with Gasteiger partial charge in [-0.3, -0.25) is 15.0 Å². The summed E-state index contributed by atoms with van der Waals surface area (Å²) in [6.45, 7) is 11.7. The van der Waals surface area contributed by atoms with Crippen LogP contribution in [0, 0.1) is 0 Å². The zero-order valence-electron chi connectivity index (χ0n) is 22.3. The summed E-state index contributed by atoms with van der Waals surface area (Å²) in [5.41, 5.74) is 2.95. The van der Waals surface area contributed by atoms with E-state index in [2.05, 4.69) is 36.7 Å². The van der Waals surface area contributed by atoms with E-state index in [1.807, 2.05) is 32.0 Å². The van der Waals surface area contributed by atoms with Crippen LogP contribution in [0.5, 0.6) is 11.5 Å². The van der Waals surface area contributed by atoms with E-state index in [0.717, 1.165) is 22.2 Å². The second-order valence-corrected chi connectivity index (χ2v) is 12.1. The second-order valence-electron chi connectivity index (χ2n) is 12.1. The van der Waals surface area contributed by atoms with Crippen LogP contribution in [0.1, 0.15) is 58.7 Å². The number of hydrogen-bond acceptors (Lipinski definition) is 7. The molecule has 1 saturated heterocycles. The number of aromatic nitrogens is 1. The third kappa shape index (κ3) is 4.43. The number of amides is 1. The maximum absolute atomic E-state index is 13.5. The van der Waals surface area contributed by atoms with Crippen LogP contribution in [-0.4, -0.2) is 45.3 Å². The molecule has 3 aliphatic rings. The number of hydrogen-bond donors (Lipinski definition) is 3. The Balaban J connectivity index is 1.26. The Bertz CT molecular complexity index is 1430. The minimum atomic E-state index is -2.69. The molecule has 0 unspecified atom stereocenters. The van der Waals surface area contributed by atoms with Crippen LogP contribution in [-0.2, 0) is 31.6 Å². The van der Waals surface area contributed by atoms with Crippen molar-refractivity contribution >= 4 is 22.5 Å². The van der Waals surface area contributed by atoms with E-state index in [9.17, 15) is 15.0 Å². The minimum absolute atomic E-state index is 0.0423. The van der Waals surface area contributed by atoms with Gasteiger partial charge in [-0.25, -0.2) is 0 Å². The van der Waals surface area contributed by atoms with Crippen molar-refractivity contribution in [3.8, 4) is 11.5 Å². The number of ether oxygens (including phenoxy) is 4. The van der Waals surface area contributed by atoms with E-state index in [0.29, 0.717) is 26.0 Å². The molecule has 3 heterocycles. The molecule has 2 aliphatic heterocycles. The molecule has 1 aliphatic carbocycles. The molecular formula is C29H34N2O7. The lowest BCUT2D eigenvalue weighted by Gasteiger charge is -2.24. The summed E-state index contributed by atoms with van der Waals surface area (Å²) in [4.78, 5) is 13.5. The number of nitrogens with one attached hydrogen (secondary N) is 1. The number of anilines is 1. The van der Waals surface area contributed by atoms with E-state index in [1.165, 1.54) is 5.69 Å². The van der Waals surface area contributed by atoms with Gasteiger partial charge in [0.1, 0.15) is 6.10 Å². The molecule has 0 spiro atoms. The average Bonchev–Trinajstić information content (AvgIpc) is 3.32. The maximum Gasteiger partial charge on any atom is 0.505 e. The normalized spacial score (nSPS) is 22.6. The molecule has 1 atom stereocenters. The summed E-state index contributed by atoms with van der Waals surface area (Å²) in [6.07, 6.45) is -1.35. The molecule has 1 amide bonds. The fourth-order valence-electron chi connectivity index (χ4n) is 5.52. The molecule has 1 saturated carbocycles. The van der Waals surface area contributed by atoms with Crippen molar-refractivity contribution in [3.05, 3.63) is 53.7 Å². The highest BCUT2D eigenvalue weighted by molar-refractivity contribution is 6.02. The fraction of sp³-hybridized carbons (Fsp3) is 0.483. The first kappa shape index (κ1) is 25.2. The van der Waals surface area contributed by atoms with Crippen molar-refractivity contribution in [2.24, 2.45) is 0 Å². The smallest absolute Gasteiger partial charge is 0.403 e. The minimum Gasteiger partial charge on any atom is -0.403 e. The Morgan fingerprint density at radius 1 is 1.05 bits per heavy atom. The van der Waals surface area contributed by atoms with Crippen molar-refractivity contribution in [1.29, 1.82) is 0 Å². The van der Waals surface area contributed by atoms with Crippen LogP contribution >= 0.6 is 0 Å². The summed E-state index contributed by atoms with van der Waals surface area (Å²) in [5.74, 6) is -0.269. The molecule has 1 aromatic heterocycles. The predicted octanol–water partition coefficient (Wildman–Crippen LogP) is 4.13. The molecule has 6 rings (SSSR count). The van der Waals surface area contributed by atoms with E-state index in [4.69, 9.17) is 18.9 Å². The van der Waals surface area contributed by atoms with Crippen LogP contribution in [0.3, 0.4) is 0 Å². The number of carbonyl (C=O) groups is 1. The molecule has 2 fully saturated rings. The highest BCUT2D eigenvalue weighted by Gasteiger charge is 2.52. The molecule has 0 bridgehead atoms. The lowest BCUT2D eigenvalue weighted by atomic mass is 9.92. The van der Waals surface area contributed by atoms with Gasteiger partial charge in [0.15, 0.2) is 17.3 Å². The van der Waals surface area contributed by atoms with Crippen LogP contribution in [0.2, 0.25) is 0 Å². The number of fused-ring (bicyclic) bond motifs is 2. The zero-order chi connectivity index (χ0) is 27.1. The quantitative estimate of drug-likeness (QED) is 0.432. The van der Waals surface area contributed by atoms with Crippen LogP contribution < -0.4 is 14.8 Å². The van der Waals surface area contributed by atoms with Crippen molar-refractivity contribution in [2.75, 3.05) is 11.9 Å². The Kier molecular flexibility index (Phi) is 5.43. The molecule has 2 aromatic carbocycles. The van der Waals surface area contributed by atoms with Crippen molar-refractivity contribution in [2.45, 2.75) is 82.9 Å². The van der Waals surface area contributed by atoms with Gasteiger partial charge in [-0.1, -0.05) is 26.8 Å². The van der Waals surface area contributed by atoms with Gasteiger partial charge in [0.05, 0.1) is 18.6 Å². The number of benzene rings is 2. The largest absolute Gasteiger partial charge is 0.505 e. The zero-order valence-corrected chi connectivity index (χ0v) is 22.3. The Morgan fingerprint density at radius 2 is 1.79 bits per heavy atom. The first-order valence-corrected chi connectivity index (χ1v) is 13.0. The number of aliphatic hydroxyl groups is 2. The monoisotopic (exact) mass is 522 g/mol. The lowest BCUT2D eigenvalue weighted by Crippen LogP contribution is -2.37. The van der Waals surface area contributed by atoms with Gasteiger partial charge in [0, 0.05) is 27.7 Å². The number of nitrogens with zero attached hydrogens (tertiary/aromatic N) is 1. The molecule has 3 aromatic rings. The average molecular weight is 523 g/mol. The number of rotatable bonds is 5. The van der Waals surface area contributed by atoms with E-state index < -0.39 is 17.4 Å². The summed E-state index contributed by atoms with van der Waals surface area (Å²) in [5, 5.41) is 23.4. The summed E-state index contributed by atoms with van der Waals surface area (Å²) in [7, 11) is 0. The first-order valence-electron chi connectivity index (χ1n) is 13.0. The molecule has 3 N–H and O–H groups in total. The SMILES string of the molecule is CC1(C)OC[C@@H](Cn2c(C(C)(C)C)cc3cc(NC(=O)C4(c5ccc6c(c5)OC(O)(O)O6)CC4)ccc32)O1. The third-order valence-corrected chi connectivity index (χ3v) is 7.55. The van der Waals surface area contributed by atoms with E-state index in [1.54, 1.807) is 18.2 Å². The maximum atomic E-state index is 13.5. The predicted molar refractivity (Wildman–Crippen MR) is 140 cm³/mol.